The monoisotopic (exact) mass is 351 g/mol. The van der Waals surface area contributed by atoms with E-state index in [0.717, 1.165) is 32.1 Å². The fourth-order valence-electron chi connectivity index (χ4n) is 2.89. The van der Waals surface area contributed by atoms with E-state index >= 15 is 0 Å². The minimum Gasteiger partial charge on any atom is -0.357 e. The normalized spacial score (nSPS) is 18.5. The van der Waals surface area contributed by atoms with Crippen LogP contribution < -0.4 is 10.6 Å². The van der Waals surface area contributed by atoms with Crippen LogP contribution >= 0.6 is 11.3 Å². The Balaban J connectivity index is 1.71. The third-order valence-corrected chi connectivity index (χ3v) is 5.31. The zero-order chi connectivity index (χ0) is 17.2. The number of thiophene rings is 1. The summed E-state index contributed by atoms with van der Waals surface area (Å²) in [7, 11) is 0. The first-order valence-electron chi connectivity index (χ1n) is 9.21. The van der Waals surface area contributed by atoms with Crippen LogP contribution in [0.5, 0.6) is 0 Å². The second kappa shape index (κ2) is 10.7. The van der Waals surface area contributed by atoms with Crippen LogP contribution in [0, 0.1) is 0 Å². The second-order valence-corrected chi connectivity index (χ2v) is 7.16. The summed E-state index contributed by atoms with van der Waals surface area (Å²) in [5, 5.41) is 11.2. The van der Waals surface area contributed by atoms with Crippen molar-refractivity contribution in [2.75, 3.05) is 58.9 Å². The van der Waals surface area contributed by atoms with Gasteiger partial charge in [0.05, 0.1) is 0 Å². The molecule has 24 heavy (non-hydrogen) atoms. The van der Waals surface area contributed by atoms with E-state index < -0.39 is 0 Å². The van der Waals surface area contributed by atoms with E-state index in [1.807, 2.05) is 0 Å². The van der Waals surface area contributed by atoms with Gasteiger partial charge in [-0.1, -0.05) is 13.8 Å². The first-order valence-corrected chi connectivity index (χ1v) is 10.2. The molecule has 0 aliphatic carbocycles. The molecule has 1 saturated heterocycles. The number of hydrogen-bond donors (Lipinski definition) is 2. The molecule has 1 unspecified atom stereocenters. The lowest BCUT2D eigenvalue weighted by Gasteiger charge is -2.34. The molecule has 1 aliphatic rings. The van der Waals surface area contributed by atoms with E-state index in [-0.39, 0.29) is 0 Å². The molecule has 1 fully saturated rings. The highest BCUT2D eigenvalue weighted by Gasteiger charge is 2.14. The molecule has 0 bridgehead atoms. The molecule has 0 amide bonds. The van der Waals surface area contributed by atoms with Crippen molar-refractivity contribution in [1.82, 2.24) is 20.4 Å². The molecule has 136 valence electrons. The minimum absolute atomic E-state index is 0.467. The Morgan fingerprint density at radius 2 is 1.96 bits per heavy atom. The van der Waals surface area contributed by atoms with E-state index in [0.29, 0.717) is 5.92 Å². The fourth-order valence-corrected chi connectivity index (χ4v) is 3.67. The average Bonchev–Trinajstić information content (AvgIpc) is 3.14. The predicted molar refractivity (Wildman–Crippen MR) is 105 cm³/mol. The van der Waals surface area contributed by atoms with Gasteiger partial charge >= 0.3 is 0 Å². The van der Waals surface area contributed by atoms with Gasteiger partial charge in [0.15, 0.2) is 5.96 Å². The molecule has 0 radical (unpaired) electrons. The lowest BCUT2D eigenvalue weighted by molar-refractivity contribution is 0.139. The highest BCUT2D eigenvalue weighted by molar-refractivity contribution is 7.07. The smallest absolute Gasteiger partial charge is 0.191 e. The quantitative estimate of drug-likeness (QED) is 0.556. The summed E-state index contributed by atoms with van der Waals surface area (Å²) in [4.78, 5) is 9.80. The van der Waals surface area contributed by atoms with Gasteiger partial charge in [0.1, 0.15) is 0 Å². The summed E-state index contributed by atoms with van der Waals surface area (Å²) in [6.45, 7) is 16.3. The molecule has 5 nitrogen and oxygen atoms in total. The molecule has 1 atom stereocenters. The summed E-state index contributed by atoms with van der Waals surface area (Å²) in [6.07, 6.45) is 0. The van der Waals surface area contributed by atoms with Crippen molar-refractivity contribution in [2.45, 2.75) is 26.7 Å². The van der Waals surface area contributed by atoms with Crippen LogP contribution in [0.1, 0.15) is 32.3 Å². The predicted octanol–water partition coefficient (Wildman–Crippen LogP) is 2.04. The maximum absolute atomic E-state index is 4.75. The highest BCUT2D eigenvalue weighted by Crippen LogP contribution is 2.18. The number of hydrogen-bond acceptors (Lipinski definition) is 4. The Kier molecular flexibility index (Phi) is 8.56. The zero-order valence-electron chi connectivity index (χ0n) is 15.4. The van der Waals surface area contributed by atoms with Gasteiger partial charge in [-0.2, -0.15) is 11.3 Å². The standard InChI is InChI=1S/C18H33N5S/c1-4-19-18(21-14-16(3)17-6-13-24-15-17)20-7-8-23-11-9-22(5-2)10-12-23/h6,13,15-16H,4-5,7-12,14H2,1-3H3,(H2,19,20,21). The molecule has 1 aliphatic heterocycles. The van der Waals surface area contributed by atoms with Crippen LogP contribution in [0.2, 0.25) is 0 Å². The van der Waals surface area contributed by atoms with Gasteiger partial charge < -0.3 is 15.5 Å². The van der Waals surface area contributed by atoms with Gasteiger partial charge in [0.2, 0.25) is 0 Å². The van der Waals surface area contributed by atoms with Crippen molar-refractivity contribution < 1.29 is 0 Å². The fraction of sp³-hybridized carbons (Fsp3) is 0.722. The number of nitrogens with zero attached hydrogens (tertiary/aromatic N) is 3. The summed E-state index contributed by atoms with van der Waals surface area (Å²) in [6, 6.07) is 2.20. The maximum atomic E-state index is 4.75. The molecule has 1 aromatic rings. The van der Waals surface area contributed by atoms with Crippen LogP contribution in [-0.4, -0.2) is 74.7 Å². The van der Waals surface area contributed by atoms with Crippen molar-refractivity contribution in [2.24, 2.45) is 4.99 Å². The van der Waals surface area contributed by atoms with E-state index in [4.69, 9.17) is 4.99 Å². The molecule has 0 spiro atoms. The number of rotatable bonds is 8. The van der Waals surface area contributed by atoms with E-state index in [1.165, 1.54) is 38.3 Å². The third kappa shape index (κ3) is 6.42. The molecular weight excluding hydrogens is 318 g/mol. The van der Waals surface area contributed by atoms with Gasteiger partial charge in [-0.15, -0.1) is 0 Å². The molecule has 0 aromatic carbocycles. The van der Waals surface area contributed by atoms with Crippen LogP contribution in [0.3, 0.4) is 0 Å². The SMILES string of the molecule is CCNC(=NCC(C)c1ccsc1)NCCN1CCN(CC)CC1. The first kappa shape index (κ1) is 19.2. The van der Waals surface area contributed by atoms with Crippen molar-refractivity contribution in [3.63, 3.8) is 0 Å². The topological polar surface area (TPSA) is 42.9 Å². The Bertz CT molecular complexity index is 466. The summed E-state index contributed by atoms with van der Waals surface area (Å²) in [5.41, 5.74) is 1.38. The van der Waals surface area contributed by atoms with Crippen LogP contribution in [0.4, 0.5) is 0 Å². The molecule has 2 heterocycles. The van der Waals surface area contributed by atoms with Crippen molar-refractivity contribution in [3.8, 4) is 0 Å². The lowest BCUT2D eigenvalue weighted by Crippen LogP contribution is -2.49. The zero-order valence-corrected chi connectivity index (χ0v) is 16.2. The van der Waals surface area contributed by atoms with Crippen molar-refractivity contribution in [3.05, 3.63) is 22.4 Å². The van der Waals surface area contributed by atoms with Gasteiger partial charge in [0, 0.05) is 58.3 Å². The van der Waals surface area contributed by atoms with Crippen LogP contribution in [-0.2, 0) is 0 Å². The average molecular weight is 352 g/mol. The molecule has 0 saturated carbocycles. The number of nitrogens with one attached hydrogen (secondary N) is 2. The number of likely N-dealkylation sites (N-methyl/N-ethyl adjacent to an activating group) is 1. The first-order chi connectivity index (χ1) is 11.7. The van der Waals surface area contributed by atoms with E-state index in [2.05, 4.69) is 58.0 Å². The lowest BCUT2D eigenvalue weighted by atomic mass is 10.1. The Labute approximate surface area is 151 Å². The molecule has 6 heteroatoms. The summed E-state index contributed by atoms with van der Waals surface area (Å²) in [5.74, 6) is 1.40. The van der Waals surface area contributed by atoms with Gasteiger partial charge in [-0.25, -0.2) is 0 Å². The minimum atomic E-state index is 0.467. The Morgan fingerprint density at radius 1 is 1.21 bits per heavy atom. The second-order valence-electron chi connectivity index (χ2n) is 6.38. The molecule has 2 N–H and O–H groups in total. The Morgan fingerprint density at radius 3 is 2.58 bits per heavy atom. The van der Waals surface area contributed by atoms with E-state index in [9.17, 15) is 0 Å². The Hall–Kier alpha value is -1.11. The van der Waals surface area contributed by atoms with Gasteiger partial charge in [-0.05, 0) is 35.9 Å². The molecule has 1 aromatic heterocycles. The van der Waals surface area contributed by atoms with Gasteiger partial charge in [-0.3, -0.25) is 9.89 Å². The maximum Gasteiger partial charge on any atom is 0.191 e. The third-order valence-electron chi connectivity index (χ3n) is 4.61. The molecule has 2 rings (SSSR count). The summed E-state index contributed by atoms with van der Waals surface area (Å²) < 4.78 is 0. The highest BCUT2D eigenvalue weighted by atomic mass is 32.1. The molecular formula is C18H33N5S. The number of guanidine groups is 1. The number of piperazine rings is 1. The summed E-state index contributed by atoms with van der Waals surface area (Å²) >= 11 is 1.76. The van der Waals surface area contributed by atoms with Crippen molar-refractivity contribution in [1.29, 1.82) is 0 Å². The largest absolute Gasteiger partial charge is 0.357 e. The van der Waals surface area contributed by atoms with Crippen molar-refractivity contribution >= 4 is 17.3 Å². The number of aliphatic imine (C=N–C) groups is 1. The van der Waals surface area contributed by atoms with Crippen LogP contribution in [0.15, 0.2) is 21.8 Å². The van der Waals surface area contributed by atoms with Crippen LogP contribution in [0.25, 0.3) is 0 Å². The van der Waals surface area contributed by atoms with E-state index in [1.54, 1.807) is 11.3 Å². The van der Waals surface area contributed by atoms with Gasteiger partial charge in [0.25, 0.3) is 0 Å².